The van der Waals surface area contributed by atoms with Crippen molar-refractivity contribution in [1.29, 1.82) is 0 Å². The lowest BCUT2D eigenvalue weighted by Gasteiger charge is -2.36. The summed E-state index contributed by atoms with van der Waals surface area (Å²) < 4.78 is 10.6. The fourth-order valence-corrected chi connectivity index (χ4v) is 3.85. The number of aryl methyl sites for hydroxylation is 2. The first-order valence-electron chi connectivity index (χ1n) is 10.1. The molecular formula is C23H26N4O3. The Bertz CT molecular complexity index is 1020. The quantitative estimate of drug-likeness (QED) is 0.648. The lowest BCUT2D eigenvalue weighted by atomic mass is 10.0. The molecule has 3 aromatic rings. The first-order valence-corrected chi connectivity index (χ1v) is 10.1. The predicted molar refractivity (Wildman–Crippen MR) is 114 cm³/mol. The predicted octanol–water partition coefficient (Wildman–Crippen LogP) is 3.25. The number of hydrogen-bond acceptors (Lipinski definition) is 6. The molecule has 1 aromatic carbocycles. The van der Waals surface area contributed by atoms with Crippen molar-refractivity contribution in [3.8, 4) is 5.75 Å². The van der Waals surface area contributed by atoms with E-state index in [-0.39, 0.29) is 5.91 Å². The van der Waals surface area contributed by atoms with E-state index in [1.165, 1.54) is 6.26 Å². The molecule has 0 aliphatic carbocycles. The van der Waals surface area contributed by atoms with Crippen LogP contribution in [0.5, 0.6) is 5.75 Å². The van der Waals surface area contributed by atoms with Crippen LogP contribution in [0.3, 0.4) is 0 Å². The Hall–Kier alpha value is -3.35. The van der Waals surface area contributed by atoms with Crippen LogP contribution in [0.25, 0.3) is 0 Å². The number of rotatable bonds is 5. The van der Waals surface area contributed by atoms with E-state index in [9.17, 15) is 4.79 Å². The van der Waals surface area contributed by atoms with E-state index in [4.69, 9.17) is 14.1 Å². The summed E-state index contributed by atoms with van der Waals surface area (Å²) in [5, 5.41) is 0. The highest BCUT2D eigenvalue weighted by atomic mass is 16.5. The van der Waals surface area contributed by atoms with Crippen LogP contribution in [0.15, 0.2) is 47.1 Å². The molecule has 3 heterocycles. The first kappa shape index (κ1) is 19.9. The van der Waals surface area contributed by atoms with Gasteiger partial charge in [0, 0.05) is 43.9 Å². The van der Waals surface area contributed by atoms with Crippen molar-refractivity contribution in [1.82, 2.24) is 14.9 Å². The molecule has 1 aliphatic rings. The normalized spacial score (nSPS) is 14.1. The highest BCUT2D eigenvalue weighted by Crippen LogP contribution is 2.26. The topological polar surface area (TPSA) is 71.7 Å². The second-order valence-electron chi connectivity index (χ2n) is 7.44. The lowest BCUT2D eigenvalue weighted by Crippen LogP contribution is -2.49. The van der Waals surface area contributed by atoms with Gasteiger partial charge in [-0.05, 0) is 43.7 Å². The maximum absolute atomic E-state index is 12.6. The second-order valence-corrected chi connectivity index (χ2v) is 7.44. The minimum absolute atomic E-state index is 0.0636. The number of ether oxygens (including phenoxy) is 1. The van der Waals surface area contributed by atoms with Gasteiger partial charge in [0.05, 0.1) is 13.4 Å². The second kappa shape index (κ2) is 8.57. The van der Waals surface area contributed by atoms with E-state index < -0.39 is 0 Å². The number of carbonyl (C=O) groups is 1. The summed E-state index contributed by atoms with van der Waals surface area (Å²) in [6, 6.07) is 11.5. The van der Waals surface area contributed by atoms with E-state index in [0.29, 0.717) is 31.9 Å². The third-order valence-corrected chi connectivity index (χ3v) is 5.42. The Kier molecular flexibility index (Phi) is 5.70. The van der Waals surface area contributed by atoms with Crippen molar-refractivity contribution in [3.63, 3.8) is 0 Å². The molecule has 4 rings (SSSR count). The van der Waals surface area contributed by atoms with Gasteiger partial charge in [-0.15, -0.1) is 0 Å². The van der Waals surface area contributed by atoms with Crippen molar-refractivity contribution in [2.75, 3.05) is 38.2 Å². The Morgan fingerprint density at radius 3 is 2.60 bits per heavy atom. The molecule has 0 atom stereocenters. The van der Waals surface area contributed by atoms with Crippen LogP contribution >= 0.6 is 0 Å². The third-order valence-electron chi connectivity index (χ3n) is 5.42. The summed E-state index contributed by atoms with van der Waals surface area (Å²) in [6.45, 7) is 6.63. The number of amides is 1. The summed E-state index contributed by atoms with van der Waals surface area (Å²) in [4.78, 5) is 26.0. The smallest absolute Gasteiger partial charge is 0.289 e. The van der Waals surface area contributed by atoms with Crippen LogP contribution in [0, 0.1) is 13.8 Å². The molecule has 0 spiro atoms. The molecule has 1 aliphatic heterocycles. The number of piperazine rings is 1. The minimum Gasteiger partial charge on any atom is -0.497 e. The van der Waals surface area contributed by atoms with Crippen LogP contribution < -0.4 is 9.64 Å². The fraction of sp³-hybridized carbons (Fsp3) is 0.348. The zero-order chi connectivity index (χ0) is 21.1. The Balaban J connectivity index is 1.54. The van der Waals surface area contributed by atoms with Crippen LogP contribution in [-0.4, -0.2) is 54.1 Å². The molecule has 30 heavy (non-hydrogen) atoms. The standard InChI is InChI=1S/C23H26N4O3/c1-16-20(15-18-6-4-7-19(14-18)29-3)22(25-17(2)24-16)26-9-11-27(12-10-26)23(28)21-8-5-13-30-21/h4-8,13-14H,9-12,15H2,1-3H3. The molecule has 0 saturated carbocycles. The molecule has 1 saturated heterocycles. The van der Waals surface area contributed by atoms with Gasteiger partial charge in [0.1, 0.15) is 17.4 Å². The number of benzene rings is 1. The minimum atomic E-state index is -0.0636. The molecule has 7 nitrogen and oxygen atoms in total. The molecule has 0 unspecified atom stereocenters. The summed E-state index contributed by atoms with van der Waals surface area (Å²) in [5.41, 5.74) is 3.24. The van der Waals surface area contributed by atoms with Crippen LogP contribution in [0.1, 0.15) is 33.2 Å². The molecule has 1 fully saturated rings. The number of hydrogen-bond donors (Lipinski definition) is 0. The molecule has 2 aromatic heterocycles. The number of carbonyl (C=O) groups excluding carboxylic acids is 1. The largest absolute Gasteiger partial charge is 0.497 e. The van der Waals surface area contributed by atoms with Crippen LogP contribution in [0.4, 0.5) is 5.82 Å². The fourth-order valence-electron chi connectivity index (χ4n) is 3.85. The number of methoxy groups -OCH3 is 1. The van der Waals surface area contributed by atoms with Crippen LogP contribution in [-0.2, 0) is 6.42 Å². The number of furan rings is 1. The average molecular weight is 406 g/mol. The van der Waals surface area contributed by atoms with Gasteiger partial charge in [-0.1, -0.05) is 12.1 Å². The van der Waals surface area contributed by atoms with Gasteiger partial charge >= 0.3 is 0 Å². The summed E-state index contributed by atoms with van der Waals surface area (Å²) >= 11 is 0. The van der Waals surface area contributed by atoms with Gasteiger partial charge in [-0.3, -0.25) is 4.79 Å². The van der Waals surface area contributed by atoms with Crippen molar-refractivity contribution in [3.05, 3.63) is 71.1 Å². The highest BCUT2D eigenvalue weighted by Gasteiger charge is 2.26. The van der Waals surface area contributed by atoms with E-state index in [1.807, 2.05) is 36.9 Å². The molecular weight excluding hydrogens is 380 g/mol. The SMILES string of the molecule is COc1cccc(Cc2c(C)nc(C)nc2N2CCN(C(=O)c3ccco3)CC2)c1. The molecule has 0 N–H and O–H groups in total. The molecule has 1 amide bonds. The van der Waals surface area contributed by atoms with Gasteiger partial charge in [0.25, 0.3) is 5.91 Å². The average Bonchev–Trinajstić information content (AvgIpc) is 3.30. The lowest BCUT2D eigenvalue weighted by molar-refractivity contribution is 0.0714. The van der Waals surface area contributed by atoms with E-state index >= 15 is 0 Å². The van der Waals surface area contributed by atoms with Gasteiger partial charge in [0.2, 0.25) is 0 Å². The van der Waals surface area contributed by atoms with Crippen molar-refractivity contribution < 1.29 is 13.9 Å². The molecule has 7 heteroatoms. The molecule has 156 valence electrons. The first-order chi connectivity index (χ1) is 14.5. The van der Waals surface area contributed by atoms with Gasteiger partial charge in [0.15, 0.2) is 5.76 Å². The van der Waals surface area contributed by atoms with Crippen LogP contribution in [0.2, 0.25) is 0 Å². The zero-order valence-corrected chi connectivity index (χ0v) is 17.6. The van der Waals surface area contributed by atoms with Gasteiger partial charge in [-0.25, -0.2) is 9.97 Å². The maximum Gasteiger partial charge on any atom is 0.289 e. The maximum atomic E-state index is 12.6. The summed E-state index contributed by atoms with van der Waals surface area (Å²) in [5.74, 6) is 2.87. The number of aromatic nitrogens is 2. The molecule has 0 radical (unpaired) electrons. The van der Waals surface area contributed by atoms with E-state index in [1.54, 1.807) is 19.2 Å². The highest BCUT2D eigenvalue weighted by molar-refractivity contribution is 5.91. The zero-order valence-electron chi connectivity index (χ0n) is 17.6. The van der Waals surface area contributed by atoms with Crippen molar-refractivity contribution >= 4 is 11.7 Å². The Labute approximate surface area is 176 Å². The van der Waals surface area contributed by atoms with Crippen molar-refractivity contribution in [2.45, 2.75) is 20.3 Å². The monoisotopic (exact) mass is 406 g/mol. The van der Waals surface area contributed by atoms with E-state index in [2.05, 4.69) is 16.0 Å². The summed E-state index contributed by atoms with van der Waals surface area (Å²) in [6.07, 6.45) is 2.25. The summed E-state index contributed by atoms with van der Waals surface area (Å²) in [7, 11) is 1.67. The van der Waals surface area contributed by atoms with E-state index in [0.717, 1.165) is 40.6 Å². The van der Waals surface area contributed by atoms with Gasteiger partial charge < -0.3 is 19.0 Å². The number of anilines is 1. The molecule has 0 bridgehead atoms. The Morgan fingerprint density at radius 2 is 1.90 bits per heavy atom. The number of nitrogens with zero attached hydrogens (tertiary/aromatic N) is 4. The Morgan fingerprint density at radius 1 is 1.10 bits per heavy atom. The third kappa shape index (κ3) is 4.15. The van der Waals surface area contributed by atoms with Crippen molar-refractivity contribution in [2.24, 2.45) is 0 Å². The van der Waals surface area contributed by atoms with Gasteiger partial charge in [-0.2, -0.15) is 0 Å².